The molecule has 0 bridgehead atoms. The van der Waals surface area contributed by atoms with E-state index in [-0.39, 0.29) is 11.6 Å². The van der Waals surface area contributed by atoms with E-state index in [0.717, 1.165) is 5.71 Å². The van der Waals surface area contributed by atoms with Crippen molar-refractivity contribution in [1.82, 2.24) is 0 Å². The number of carbonyl (C=O) groups excluding carboxylic acids is 1. The average Bonchev–Trinajstić information content (AvgIpc) is 2.79. The van der Waals surface area contributed by atoms with Crippen LogP contribution < -0.4 is 10.4 Å². The molecular formula is C13H10N6O. The minimum absolute atomic E-state index is 0.0718. The predicted molar refractivity (Wildman–Crippen MR) is 73.9 cm³/mol. The average molecular weight is 266 g/mol. The third-order valence-electron chi connectivity index (χ3n) is 2.53. The Kier molecular flexibility index (Phi) is 3.73. The van der Waals surface area contributed by atoms with Crippen molar-refractivity contribution in [2.75, 3.05) is 10.4 Å². The quantitative estimate of drug-likeness (QED) is 0.662. The molecule has 0 saturated carbocycles. The highest BCUT2D eigenvalue weighted by Gasteiger charge is 2.22. The Morgan fingerprint density at radius 3 is 2.50 bits per heavy atom. The molecule has 2 rings (SSSR count). The van der Waals surface area contributed by atoms with Crippen LogP contribution in [0.4, 0.5) is 11.4 Å². The molecule has 0 aliphatic carbocycles. The van der Waals surface area contributed by atoms with Crippen LogP contribution in [0.2, 0.25) is 0 Å². The van der Waals surface area contributed by atoms with Gasteiger partial charge in [-0.2, -0.15) is 20.7 Å². The van der Waals surface area contributed by atoms with Gasteiger partial charge in [-0.3, -0.25) is 10.2 Å². The highest BCUT2D eigenvalue weighted by atomic mass is 16.2. The molecule has 0 saturated heterocycles. The first-order valence-electron chi connectivity index (χ1n) is 5.75. The number of hydrogen-bond donors (Lipinski definition) is 1. The van der Waals surface area contributed by atoms with Crippen LogP contribution in [0.5, 0.6) is 0 Å². The van der Waals surface area contributed by atoms with Crippen LogP contribution in [0.3, 0.4) is 0 Å². The van der Waals surface area contributed by atoms with Crippen molar-refractivity contribution in [3.63, 3.8) is 0 Å². The zero-order chi connectivity index (χ0) is 14.5. The Morgan fingerprint density at radius 2 is 2.00 bits per heavy atom. The number of nitrogens with one attached hydrogen (secondary N) is 1. The maximum Gasteiger partial charge on any atom is 0.253 e. The lowest BCUT2D eigenvalue weighted by Gasteiger charge is -2.11. The van der Waals surface area contributed by atoms with E-state index < -0.39 is 0 Å². The summed E-state index contributed by atoms with van der Waals surface area (Å²) in [6.45, 7) is 1.80. The van der Waals surface area contributed by atoms with E-state index in [2.05, 4.69) is 15.6 Å². The topological polar surface area (TPSA) is 105 Å². The number of rotatable bonds is 3. The van der Waals surface area contributed by atoms with E-state index >= 15 is 0 Å². The van der Waals surface area contributed by atoms with E-state index in [1.54, 1.807) is 43.3 Å². The minimum Gasteiger partial charge on any atom is -0.277 e. The molecule has 0 atom stereocenters. The fourth-order valence-corrected chi connectivity index (χ4v) is 1.63. The molecule has 0 aromatic heterocycles. The summed E-state index contributed by atoms with van der Waals surface area (Å²) < 4.78 is 0. The summed E-state index contributed by atoms with van der Waals surface area (Å²) in [5.41, 5.74) is 4.36. The van der Waals surface area contributed by atoms with Crippen LogP contribution in [-0.2, 0) is 4.79 Å². The van der Waals surface area contributed by atoms with Crippen LogP contribution in [0.1, 0.15) is 13.3 Å². The molecule has 1 heterocycles. The molecular weight excluding hydrogens is 256 g/mol. The first kappa shape index (κ1) is 13.2. The molecule has 0 radical (unpaired) electrons. The second-order valence-electron chi connectivity index (χ2n) is 4.06. The number of hydrogen-bond acceptors (Lipinski definition) is 6. The van der Waals surface area contributed by atoms with Crippen LogP contribution >= 0.6 is 0 Å². The molecule has 1 aromatic carbocycles. The lowest BCUT2D eigenvalue weighted by atomic mass is 10.2. The van der Waals surface area contributed by atoms with E-state index in [1.807, 2.05) is 0 Å². The van der Waals surface area contributed by atoms with Crippen molar-refractivity contribution in [2.24, 2.45) is 10.2 Å². The van der Waals surface area contributed by atoms with Gasteiger partial charge in [0.1, 0.15) is 12.1 Å². The second kappa shape index (κ2) is 5.63. The highest BCUT2D eigenvalue weighted by molar-refractivity contribution is 6.12. The number of anilines is 2. The summed E-state index contributed by atoms with van der Waals surface area (Å²) >= 11 is 0. The Labute approximate surface area is 115 Å². The van der Waals surface area contributed by atoms with Gasteiger partial charge in [0.25, 0.3) is 5.91 Å². The van der Waals surface area contributed by atoms with Crippen molar-refractivity contribution in [2.45, 2.75) is 13.3 Å². The third-order valence-corrected chi connectivity index (χ3v) is 2.53. The fourth-order valence-electron chi connectivity index (χ4n) is 1.63. The van der Waals surface area contributed by atoms with E-state index in [0.29, 0.717) is 17.8 Å². The fraction of sp³-hybridized carbons (Fsp3) is 0.154. The highest BCUT2D eigenvalue weighted by Crippen LogP contribution is 2.22. The molecule has 1 N–H and O–H groups in total. The zero-order valence-electron chi connectivity index (χ0n) is 10.7. The lowest BCUT2D eigenvalue weighted by molar-refractivity contribution is -0.116. The van der Waals surface area contributed by atoms with E-state index in [1.165, 1.54) is 5.01 Å². The van der Waals surface area contributed by atoms with Crippen LogP contribution in [-0.4, -0.2) is 17.3 Å². The second-order valence-corrected chi connectivity index (χ2v) is 4.06. The molecule has 1 amide bonds. The summed E-state index contributed by atoms with van der Waals surface area (Å²) in [7, 11) is 0. The molecule has 1 aromatic rings. The van der Waals surface area contributed by atoms with E-state index in [9.17, 15) is 4.79 Å². The van der Waals surface area contributed by atoms with Crippen molar-refractivity contribution in [3.8, 4) is 12.1 Å². The van der Waals surface area contributed by atoms with Crippen molar-refractivity contribution in [1.29, 1.82) is 10.5 Å². The van der Waals surface area contributed by atoms with Crippen LogP contribution in [0, 0.1) is 22.7 Å². The van der Waals surface area contributed by atoms with Gasteiger partial charge >= 0.3 is 0 Å². The molecule has 98 valence electrons. The molecule has 20 heavy (non-hydrogen) atoms. The van der Waals surface area contributed by atoms with Gasteiger partial charge in [0.05, 0.1) is 17.8 Å². The SMILES string of the molecule is CC1=NN(c2ccc(NN=C(C#N)C#N)cc2)C(=O)C1. The Hall–Kier alpha value is -3.19. The predicted octanol–water partition coefficient (Wildman–Crippen LogP) is 1.61. The first-order valence-corrected chi connectivity index (χ1v) is 5.75. The van der Waals surface area contributed by atoms with Crippen molar-refractivity contribution < 1.29 is 4.79 Å². The molecule has 1 aliphatic heterocycles. The number of nitriles is 2. The van der Waals surface area contributed by atoms with Gasteiger partial charge in [-0.1, -0.05) is 0 Å². The molecule has 7 nitrogen and oxygen atoms in total. The number of benzene rings is 1. The largest absolute Gasteiger partial charge is 0.277 e. The van der Waals surface area contributed by atoms with Gasteiger partial charge in [0.15, 0.2) is 0 Å². The summed E-state index contributed by atoms with van der Waals surface area (Å²) in [6, 6.07) is 10.1. The number of hydrazone groups is 2. The number of nitrogens with zero attached hydrogens (tertiary/aromatic N) is 5. The molecule has 7 heteroatoms. The molecule has 0 fully saturated rings. The maximum atomic E-state index is 11.7. The van der Waals surface area contributed by atoms with E-state index in [4.69, 9.17) is 10.5 Å². The summed E-state index contributed by atoms with van der Waals surface area (Å²) in [4.78, 5) is 11.7. The van der Waals surface area contributed by atoms with Gasteiger partial charge in [0, 0.05) is 5.71 Å². The van der Waals surface area contributed by atoms with Gasteiger partial charge in [0.2, 0.25) is 5.71 Å². The summed E-state index contributed by atoms with van der Waals surface area (Å²) in [5, 5.41) is 26.2. The van der Waals surface area contributed by atoms with Crippen LogP contribution in [0.15, 0.2) is 34.5 Å². The minimum atomic E-state index is -0.260. The zero-order valence-corrected chi connectivity index (χ0v) is 10.7. The van der Waals surface area contributed by atoms with Gasteiger partial charge in [-0.25, -0.2) is 5.01 Å². The number of amides is 1. The number of carbonyl (C=O) groups is 1. The normalized spacial score (nSPS) is 13.2. The van der Waals surface area contributed by atoms with Gasteiger partial charge in [-0.15, -0.1) is 0 Å². The molecule has 0 unspecified atom stereocenters. The van der Waals surface area contributed by atoms with Crippen molar-refractivity contribution >= 4 is 28.7 Å². The smallest absolute Gasteiger partial charge is 0.253 e. The molecule has 0 spiro atoms. The lowest BCUT2D eigenvalue weighted by Crippen LogP contribution is -2.19. The Balaban J connectivity index is 2.12. The third kappa shape index (κ3) is 2.79. The standard InChI is InChI=1S/C13H10N6O/c1-9-6-13(20)19(18-9)12-4-2-10(3-5-12)16-17-11(7-14)8-15/h2-5,16H,6H2,1H3. The Morgan fingerprint density at radius 1 is 1.35 bits per heavy atom. The summed E-state index contributed by atoms with van der Waals surface area (Å²) in [5.74, 6) is -0.0718. The van der Waals surface area contributed by atoms with Gasteiger partial charge < -0.3 is 0 Å². The Bertz CT molecular complexity index is 658. The monoisotopic (exact) mass is 266 g/mol. The summed E-state index contributed by atoms with van der Waals surface area (Å²) in [6.07, 6.45) is 0.331. The van der Waals surface area contributed by atoms with Crippen molar-refractivity contribution in [3.05, 3.63) is 24.3 Å². The maximum absolute atomic E-state index is 11.7. The van der Waals surface area contributed by atoms with Gasteiger partial charge in [-0.05, 0) is 31.2 Å². The van der Waals surface area contributed by atoms with Crippen LogP contribution in [0.25, 0.3) is 0 Å². The first-order chi connectivity index (χ1) is 9.63. The molecule has 1 aliphatic rings.